The fourth-order valence-corrected chi connectivity index (χ4v) is 1.17. The molecule has 2 aromatic rings. The van der Waals surface area contributed by atoms with Gasteiger partial charge in [-0.05, 0) is 19.1 Å². The number of hydrogen-bond acceptors (Lipinski definition) is 3. The predicted octanol–water partition coefficient (Wildman–Crippen LogP) is 1.53. The summed E-state index contributed by atoms with van der Waals surface area (Å²) in [6.45, 7) is 2.66. The first-order chi connectivity index (χ1) is 7.29. The molecule has 0 unspecified atom stereocenters. The maximum Gasteiger partial charge on any atom is 0.293 e. The fourth-order valence-electron chi connectivity index (χ4n) is 1.17. The van der Waals surface area contributed by atoms with E-state index in [-0.39, 0.29) is 0 Å². The van der Waals surface area contributed by atoms with E-state index < -0.39 is 0 Å². The van der Waals surface area contributed by atoms with Crippen LogP contribution >= 0.6 is 0 Å². The number of rotatable bonds is 2. The van der Waals surface area contributed by atoms with Gasteiger partial charge in [0.25, 0.3) is 6.47 Å². The van der Waals surface area contributed by atoms with E-state index in [1.165, 1.54) is 5.39 Å². The van der Waals surface area contributed by atoms with Crippen molar-refractivity contribution in [2.75, 3.05) is 12.4 Å². The lowest BCUT2D eigenvalue weighted by Gasteiger charge is -1.92. The Kier molecular flexibility index (Phi) is 4.22. The first-order valence-electron chi connectivity index (χ1n) is 4.66. The molecule has 0 bridgehead atoms. The third kappa shape index (κ3) is 3.02. The molecule has 80 valence electrons. The highest BCUT2D eigenvalue weighted by atomic mass is 16.5. The van der Waals surface area contributed by atoms with Gasteiger partial charge in [-0.15, -0.1) is 0 Å². The van der Waals surface area contributed by atoms with Crippen LogP contribution in [0.3, 0.4) is 0 Å². The highest BCUT2D eigenvalue weighted by Crippen LogP contribution is 2.11. The van der Waals surface area contributed by atoms with Gasteiger partial charge < -0.3 is 10.6 Å². The summed E-state index contributed by atoms with van der Waals surface area (Å²) in [7, 11) is 0. The lowest BCUT2D eigenvalue weighted by Crippen LogP contribution is -2.04. The number of nitrogens with two attached hydrogens (primary N) is 1. The Labute approximate surface area is 88.2 Å². The number of aromatic nitrogens is 1. The van der Waals surface area contributed by atoms with Gasteiger partial charge in [0.15, 0.2) is 0 Å². The monoisotopic (exact) mass is 206 g/mol. The van der Waals surface area contributed by atoms with E-state index in [2.05, 4.69) is 4.74 Å². The number of nitrogens with zero attached hydrogens (tertiary/aromatic N) is 1. The molecule has 0 saturated carbocycles. The first kappa shape index (κ1) is 11.1. The van der Waals surface area contributed by atoms with Gasteiger partial charge in [-0.25, -0.2) is 0 Å². The summed E-state index contributed by atoms with van der Waals surface area (Å²) in [4.78, 5) is 9.18. The second-order valence-corrected chi connectivity index (χ2v) is 2.83. The van der Waals surface area contributed by atoms with Crippen molar-refractivity contribution in [3.05, 3.63) is 36.5 Å². The number of fused-ring (bicyclic) bond motifs is 1. The minimum absolute atomic E-state index is 0.431. The van der Waals surface area contributed by atoms with Gasteiger partial charge in [0, 0.05) is 11.6 Å². The van der Waals surface area contributed by atoms with Gasteiger partial charge in [-0.1, -0.05) is 18.2 Å². The summed E-state index contributed by atoms with van der Waals surface area (Å²) in [5.74, 6) is 5.59. The average molecular weight is 206 g/mol. The van der Waals surface area contributed by atoms with Crippen LogP contribution in [-0.4, -0.2) is 17.8 Å². The Morgan fingerprint density at radius 3 is 2.67 bits per heavy atom. The number of carbonyl (C=O) groups excluding carboxylic acids is 1. The van der Waals surface area contributed by atoms with Gasteiger partial charge in [0.2, 0.25) is 0 Å². The van der Waals surface area contributed by atoms with Crippen LogP contribution in [0.15, 0.2) is 36.5 Å². The predicted molar refractivity (Wildman–Crippen MR) is 59.8 cm³/mol. The second-order valence-electron chi connectivity index (χ2n) is 2.83. The molecule has 0 atom stereocenters. The van der Waals surface area contributed by atoms with Gasteiger partial charge in [-0.2, -0.15) is 0 Å². The zero-order valence-corrected chi connectivity index (χ0v) is 8.59. The summed E-state index contributed by atoms with van der Waals surface area (Å²) < 4.78 is 5.77. The quantitative estimate of drug-likeness (QED) is 0.599. The molecule has 0 spiro atoms. The van der Waals surface area contributed by atoms with E-state index in [4.69, 9.17) is 5.84 Å². The average Bonchev–Trinajstić information content (AvgIpc) is 2.64. The van der Waals surface area contributed by atoms with E-state index in [9.17, 15) is 4.79 Å². The summed E-state index contributed by atoms with van der Waals surface area (Å²) in [5.41, 5.74) is 1.07. The normalized spacial score (nSPS) is 9.13. The molecule has 0 aliphatic heterocycles. The van der Waals surface area contributed by atoms with Crippen molar-refractivity contribution in [1.82, 2.24) is 4.68 Å². The Bertz CT molecular complexity index is 423. The van der Waals surface area contributed by atoms with Crippen LogP contribution in [0.1, 0.15) is 6.92 Å². The molecule has 1 aromatic heterocycles. The van der Waals surface area contributed by atoms with Crippen LogP contribution in [0, 0.1) is 0 Å². The zero-order chi connectivity index (χ0) is 11.1. The van der Waals surface area contributed by atoms with E-state index in [0.717, 1.165) is 5.52 Å². The van der Waals surface area contributed by atoms with Crippen LogP contribution in [0.5, 0.6) is 0 Å². The molecule has 0 amide bonds. The van der Waals surface area contributed by atoms with Crippen molar-refractivity contribution in [3.63, 3.8) is 0 Å². The standard InChI is InChI=1S/C8H8N2.C3H6O2/c9-10-6-5-7-3-1-2-4-8(7)10;1-2-5-3-4/h1-6H,9H2;3H,2H2,1H3. The largest absolute Gasteiger partial charge is 0.468 e. The van der Waals surface area contributed by atoms with Crippen molar-refractivity contribution < 1.29 is 9.53 Å². The molecular formula is C11H14N2O2. The van der Waals surface area contributed by atoms with Crippen molar-refractivity contribution >= 4 is 17.4 Å². The SMILES string of the molecule is CCOC=O.Nn1ccc2ccccc21. The summed E-state index contributed by atoms with van der Waals surface area (Å²) in [6, 6.07) is 10.0. The molecule has 0 saturated heterocycles. The molecule has 15 heavy (non-hydrogen) atoms. The van der Waals surface area contributed by atoms with Crippen molar-refractivity contribution in [1.29, 1.82) is 0 Å². The Balaban J connectivity index is 0.000000195. The summed E-state index contributed by atoms with van der Waals surface area (Å²) in [6.07, 6.45) is 1.85. The van der Waals surface area contributed by atoms with E-state index >= 15 is 0 Å². The number of hydrogen-bond donors (Lipinski definition) is 1. The van der Waals surface area contributed by atoms with Crippen LogP contribution in [0.25, 0.3) is 10.9 Å². The Hall–Kier alpha value is -1.97. The lowest BCUT2D eigenvalue weighted by atomic mass is 10.3. The summed E-state index contributed by atoms with van der Waals surface area (Å²) >= 11 is 0. The highest BCUT2D eigenvalue weighted by molar-refractivity contribution is 5.79. The molecular weight excluding hydrogens is 192 g/mol. The van der Waals surface area contributed by atoms with Crippen molar-refractivity contribution in [2.24, 2.45) is 0 Å². The lowest BCUT2D eigenvalue weighted by molar-refractivity contribution is -0.128. The van der Waals surface area contributed by atoms with Gasteiger partial charge in [0.05, 0.1) is 12.1 Å². The highest BCUT2D eigenvalue weighted by Gasteiger charge is 1.92. The third-order valence-electron chi connectivity index (χ3n) is 1.86. The van der Waals surface area contributed by atoms with E-state index in [0.29, 0.717) is 13.1 Å². The first-order valence-corrected chi connectivity index (χ1v) is 4.66. The molecule has 4 heteroatoms. The minimum atomic E-state index is 0.431. The molecule has 0 radical (unpaired) electrons. The maximum absolute atomic E-state index is 9.18. The maximum atomic E-state index is 9.18. The number of nitrogen functional groups attached to an aromatic ring is 1. The molecule has 2 N–H and O–H groups in total. The van der Waals surface area contributed by atoms with E-state index in [1.54, 1.807) is 11.6 Å². The Morgan fingerprint density at radius 1 is 1.40 bits per heavy atom. The van der Waals surface area contributed by atoms with Crippen LogP contribution in [0.2, 0.25) is 0 Å². The van der Waals surface area contributed by atoms with Crippen LogP contribution < -0.4 is 5.84 Å². The topological polar surface area (TPSA) is 57.2 Å². The summed E-state index contributed by atoms with van der Waals surface area (Å²) in [5, 5.41) is 1.19. The number of ether oxygens (including phenoxy) is 1. The van der Waals surface area contributed by atoms with Crippen molar-refractivity contribution in [3.8, 4) is 0 Å². The Morgan fingerprint density at radius 2 is 2.13 bits per heavy atom. The van der Waals surface area contributed by atoms with Gasteiger partial charge in [0.1, 0.15) is 0 Å². The minimum Gasteiger partial charge on any atom is -0.468 e. The smallest absolute Gasteiger partial charge is 0.293 e. The second kappa shape index (κ2) is 5.70. The van der Waals surface area contributed by atoms with Gasteiger partial charge in [-0.3, -0.25) is 9.47 Å². The molecule has 4 nitrogen and oxygen atoms in total. The molecule has 0 aliphatic rings. The molecule has 0 fully saturated rings. The number of carbonyl (C=O) groups is 1. The van der Waals surface area contributed by atoms with Gasteiger partial charge >= 0.3 is 0 Å². The molecule has 0 aliphatic carbocycles. The molecule has 1 heterocycles. The van der Waals surface area contributed by atoms with Crippen LogP contribution in [0.4, 0.5) is 0 Å². The molecule has 2 rings (SSSR count). The van der Waals surface area contributed by atoms with E-state index in [1.807, 2.05) is 36.5 Å². The van der Waals surface area contributed by atoms with Crippen molar-refractivity contribution in [2.45, 2.75) is 6.92 Å². The number of benzene rings is 1. The van der Waals surface area contributed by atoms with Crippen LogP contribution in [-0.2, 0) is 9.53 Å². The fraction of sp³-hybridized carbons (Fsp3) is 0.182. The number of para-hydroxylation sites is 1. The zero-order valence-electron chi connectivity index (χ0n) is 8.59. The molecule has 1 aromatic carbocycles. The third-order valence-corrected chi connectivity index (χ3v) is 1.86.